The summed E-state index contributed by atoms with van der Waals surface area (Å²) in [5.74, 6) is -0.247. The van der Waals surface area contributed by atoms with Crippen molar-refractivity contribution in [3.63, 3.8) is 0 Å². The van der Waals surface area contributed by atoms with Gasteiger partial charge in [0.2, 0.25) is 0 Å². The topological polar surface area (TPSA) is 54.1 Å². The Balaban J connectivity index is 1.02. The number of fused-ring (bicyclic) bond motifs is 11. The lowest BCUT2D eigenvalue weighted by molar-refractivity contribution is 0.556. The molecule has 0 spiro atoms. The first-order valence-electron chi connectivity index (χ1n) is 27.3. The van der Waals surface area contributed by atoms with Gasteiger partial charge in [0.05, 0.1) is 33.9 Å². The van der Waals surface area contributed by atoms with Crippen LogP contribution < -0.4 is 9.80 Å². The molecule has 368 valence electrons. The van der Waals surface area contributed by atoms with Gasteiger partial charge >= 0.3 is 0 Å². The highest BCUT2D eigenvalue weighted by atomic mass is 15.2. The Morgan fingerprint density at radius 2 is 0.763 bits per heavy atom. The lowest BCUT2D eigenvalue weighted by atomic mass is 9.60. The fraction of sp³-hybridized carbons (Fsp3) is 0.222. The number of nitriles is 2. The van der Waals surface area contributed by atoms with E-state index in [4.69, 9.17) is 0 Å². The predicted octanol–water partition coefficient (Wildman–Crippen LogP) is 17.0. The fourth-order valence-corrected chi connectivity index (χ4v) is 15.1. The van der Waals surface area contributed by atoms with Gasteiger partial charge in [-0.2, -0.15) is 10.5 Å². The first-order valence-corrected chi connectivity index (χ1v) is 27.3. The van der Waals surface area contributed by atoms with Gasteiger partial charge in [0.1, 0.15) is 12.1 Å². The average molecular weight is 981 g/mol. The van der Waals surface area contributed by atoms with Gasteiger partial charge in [-0.3, -0.25) is 0 Å². The third kappa shape index (κ3) is 6.47. The minimum absolute atomic E-state index is 0.0737. The first-order chi connectivity index (χ1) is 36.9. The summed E-state index contributed by atoms with van der Waals surface area (Å²) in [6.07, 6.45) is 3.60. The molecule has 0 aromatic heterocycles. The van der Waals surface area contributed by atoms with Crippen LogP contribution in [0.4, 0.5) is 34.1 Å². The number of anilines is 6. The highest BCUT2D eigenvalue weighted by molar-refractivity contribution is 5.88. The van der Waals surface area contributed by atoms with Crippen LogP contribution in [0, 0.1) is 22.7 Å². The second-order valence-corrected chi connectivity index (χ2v) is 23.6. The summed E-state index contributed by atoms with van der Waals surface area (Å²) in [7, 11) is 0. The van der Waals surface area contributed by atoms with Gasteiger partial charge in [0.15, 0.2) is 0 Å². The summed E-state index contributed by atoms with van der Waals surface area (Å²) in [4.78, 5) is 4.94. The second kappa shape index (κ2) is 16.8. The molecular formula is C72H60N4. The van der Waals surface area contributed by atoms with Crippen LogP contribution in [-0.2, 0) is 48.3 Å². The molecule has 2 heterocycles. The van der Waals surface area contributed by atoms with Crippen molar-refractivity contribution in [3.05, 3.63) is 282 Å². The predicted molar refractivity (Wildman–Crippen MR) is 309 cm³/mol. The molecule has 4 heteroatoms. The van der Waals surface area contributed by atoms with Gasteiger partial charge < -0.3 is 9.80 Å². The highest BCUT2D eigenvalue weighted by Gasteiger charge is 2.46. The van der Waals surface area contributed by atoms with Crippen LogP contribution in [0.2, 0.25) is 0 Å². The number of aryl methyl sites for hydroxylation is 2. The Kier molecular flexibility index (Phi) is 10.2. The number of nitrogens with zero attached hydrogens (tertiary/aromatic N) is 4. The van der Waals surface area contributed by atoms with E-state index in [1.54, 1.807) is 0 Å². The Hall–Kier alpha value is -8.44. The summed E-state index contributed by atoms with van der Waals surface area (Å²) >= 11 is 0. The lowest BCUT2D eigenvalue weighted by Crippen LogP contribution is -2.33. The molecule has 1 unspecified atom stereocenters. The molecule has 0 bridgehead atoms. The molecule has 14 rings (SSSR count). The van der Waals surface area contributed by atoms with Crippen molar-refractivity contribution < 1.29 is 0 Å². The summed E-state index contributed by atoms with van der Waals surface area (Å²) in [6.45, 7) is 14.1. The number of benzene rings is 9. The maximum absolute atomic E-state index is 11.6. The molecule has 4 nitrogen and oxygen atoms in total. The van der Waals surface area contributed by atoms with Crippen LogP contribution in [0.5, 0.6) is 0 Å². The maximum Gasteiger partial charge on any atom is 0.101 e. The van der Waals surface area contributed by atoms with Gasteiger partial charge in [0, 0.05) is 39.5 Å². The van der Waals surface area contributed by atoms with E-state index < -0.39 is 0 Å². The van der Waals surface area contributed by atoms with Crippen LogP contribution in [0.3, 0.4) is 0 Å². The largest absolute Gasteiger partial charge is 0.310 e. The van der Waals surface area contributed by atoms with Gasteiger partial charge in [-0.25, -0.2) is 0 Å². The van der Waals surface area contributed by atoms with E-state index in [9.17, 15) is 10.5 Å². The standard InChI is InChI=1S/C72H60N4/c1-70(2)57-21-9-7-19-51(57)68(52-20-8-10-22-58(52)70)69-53-41-48(76-65-29-17-13-25-61(65)72(5,6)62-26-14-18-30-66(62)76)36-32-45(53)34-38-50-55(42-73)56(43-74)54-40-46-39-47(35-31-44(46)33-37-49(54)67(50)69)75-63-27-15-11-23-59(63)71(3,4)60-24-12-16-28-64(60)75/h7-32,35-36,39,41,68-69H,33-34,37-38,40H2,1-6H3. The lowest BCUT2D eigenvalue weighted by Gasteiger charge is -2.44. The third-order valence-electron chi connectivity index (χ3n) is 18.8. The molecule has 76 heavy (non-hydrogen) atoms. The highest BCUT2D eigenvalue weighted by Crippen LogP contribution is 2.59. The van der Waals surface area contributed by atoms with Crippen molar-refractivity contribution in [2.75, 3.05) is 9.80 Å². The van der Waals surface area contributed by atoms with Gasteiger partial charge in [0.25, 0.3) is 0 Å². The molecule has 0 radical (unpaired) electrons. The van der Waals surface area contributed by atoms with Gasteiger partial charge in [-0.15, -0.1) is 0 Å². The van der Waals surface area contributed by atoms with Gasteiger partial charge in [-0.05, 0) is 170 Å². The van der Waals surface area contributed by atoms with E-state index in [0.717, 1.165) is 41.8 Å². The zero-order valence-corrected chi connectivity index (χ0v) is 44.3. The summed E-state index contributed by atoms with van der Waals surface area (Å²) < 4.78 is 0. The van der Waals surface area contributed by atoms with Crippen molar-refractivity contribution in [1.29, 1.82) is 10.5 Å². The van der Waals surface area contributed by atoms with E-state index in [1.807, 2.05) is 0 Å². The maximum atomic E-state index is 11.6. The van der Waals surface area contributed by atoms with Crippen molar-refractivity contribution in [3.8, 4) is 12.1 Å². The van der Waals surface area contributed by atoms with E-state index >= 15 is 0 Å². The zero-order chi connectivity index (χ0) is 51.8. The number of para-hydroxylation sites is 4. The Morgan fingerprint density at radius 1 is 0.368 bits per heavy atom. The Labute approximate surface area is 448 Å². The molecule has 0 saturated carbocycles. The second-order valence-electron chi connectivity index (χ2n) is 23.6. The fourth-order valence-electron chi connectivity index (χ4n) is 15.1. The molecule has 0 saturated heterocycles. The SMILES string of the molecule is CC1(C)c2ccccc2C(C2c3cc(N4c5ccccc5C(C)(C)c5ccccc54)ccc3CCc3c(C#N)c(C#N)c4c(c32)CCc2ccc(N3c5ccccc5C(C)(C)c5ccccc53)cc2C4)c2ccccc21. The minimum atomic E-state index is -0.236. The third-order valence-corrected chi connectivity index (χ3v) is 18.8. The van der Waals surface area contributed by atoms with E-state index in [-0.39, 0.29) is 28.1 Å². The van der Waals surface area contributed by atoms with Crippen LogP contribution >= 0.6 is 0 Å². The van der Waals surface area contributed by atoms with E-state index in [1.165, 1.54) is 101 Å². The minimum Gasteiger partial charge on any atom is -0.310 e. The van der Waals surface area contributed by atoms with Crippen LogP contribution in [0.15, 0.2) is 182 Å². The van der Waals surface area contributed by atoms with Crippen molar-refractivity contribution in [1.82, 2.24) is 0 Å². The molecule has 0 amide bonds. The average Bonchev–Trinajstić information content (AvgIpc) is 3.92. The zero-order valence-electron chi connectivity index (χ0n) is 44.3. The Morgan fingerprint density at radius 3 is 1.26 bits per heavy atom. The molecule has 9 aromatic rings. The Bertz CT molecular complexity index is 3870. The molecule has 2 aliphatic heterocycles. The molecule has 5 aliphatic rings. The number of rotatable bonds is 3. The number of hydrogen-bond acceptors (Lipinski definition) is 4. The van der Waals surface area contributed by atoms with Crippen LogP contribution in [0.1, 0.15) is 154 Å². The molecule has 0 fully saturated rings. The molecule has 0 N–H and O–H groups in total. The molecular weight excluding hydrogens is 921 g/mol. The van der Waals surface area contributed by atoms with Crippen LogP contribution in [0.25, 0.3) is 0 Å². The normalized spacial score (nSPS) is 17.7. The molecule has 1 atom stereocenters. The summed E-state index contributed by atoms with van der Waals surface area (Å²) in [5.41, 5.74) is 27.7. The first kappa shape index (κ1) is 46.1. The van der Waals surface area contributed by atoms with Crippen LogP contribution in [-0.4, -0.2) is 0 Å². The van der Waals surface area contributed by atoms with Crippen molar-refractivity contribution in [2.45, 2.75) is 102 Å². The smallest absolute Gasteiger partial charge is 0.101 e. The molecule has 9 aromatic carbocycles. The summed E-state index contributed by atoms with van der Waals surface area (Å²) in [6, 6.07) is 73.6. The van der Waals surface area contributed by atoms with Crippen molar-refractivity contribution in [2.24, 2.45) is 0 Å². The monoisotopic (exact) mass is 980 g/mol. The van der Waals surface area contributed by atoms with E-state index in [0.29, 0.717) is 24.0 Å². The quantitative estimate of drug-likeness (QED) is 0.177. The number of hydrogen-bond donors (Lipinski definition) is 0. The summed E-state index contributed by atoms with van der Waals surface area (Å²) in [5, 5.41) is 23.1. The van der Waals surface area contributed by atoms with Gasteiger partial charge in [-0.1, -0.05) is 175 Å². The van der Waals surface area contributed by atoms with Crippen molar-refractivity contribution >= 4 is 34.1 Å². The molecule has 3 aliphatic carbocycles. The van der Waals surface area contributed by atoms with E-state index in [2.05, 4.69) is 245 Å².